The molecule has 112 valence electrons. The van der Waals surface area contributed by atoms with E-state index in [0.717, 1.165) is 0 Å². The summed E-state index contributed by atoms with van der Waals surface area (Å²) < 4.78 is 10.7. The number of ether oxygens (including phenoxy) is 1. The summed E-state index contributed by atoms with van der Waals surface area (Å²) in [6.07, 6.45) is 1.86. The van der Waals surface area contributed by atoms with E-state index in [-0.39, 0.29) is 12.5 Å². The Hall–Kier alpha value is -1.59. The smallest absolute Gasteiger partial charge is 0.248 e. The number of carbonyl (C=O) groups excluding carboxylic acids is 1. The second-order valence-electron chi connectivity index (χ2n) is 4.99. The van der Waals surface area contributed by atoms with Crippen LogP contribution in [0.2, 0.25) is 0 Å². The minimum absolute atomic E-state index is 0.0634. The fourth-order valence-corrected chi connectivity index (χ4v) is 1.62. The minimum Gasteiger partial charge on any atom is -0.463 e. The van der Waals surface area contributed by atoms with Crippen molar-refractivity contribution >= 4 is 5.91 Å². The molecular weight excluding hydrogens is 258 g/mol. The van der Waals surface area contributed by atoms with Crippen molar-refractivity contribution in [3.63, 3.8) is 0 Å². The Balaban J connectivity index is 2.45. The highest BCUT2D eigenvalue weighted by Crippen LogP contribution is 2.21. The van der Waals surface area contributed by atoms with E-state index in [4.69, 9.17) is 9.15 Å². The number of hydrogen-bond donors (Lipinski definition) is 2. The SMILES string of the molecule is C=CCCOC(C)C(=O)NCC(C)(O)c1ccc(C)o1. The van der Waals surface area contributed by atoms with Crippen LogP contribution in [-0.2, 0) is 15.1 Å². The van der Waals surface area contributed by atoms with E-state index in [2.05, 4.69) is 11.9 Å². The number of hydrogen-bond acceptors (Lipinski definition) is 4. The number of aliphatic hydroxyl groups is 1. The predicted molar refractivity (Wildman–Crippen MR) is 76.3 cm³/mol. The molecule has 0 aromatic carbocycles. The number of nitrogens with one attached hydrogen (secondary N) is 1. The molecule has 0 fully saturated rings. The quantitative estimate of drug-likeness (QED) is 0.564. The van der Waals surface area contributed by atoms with Crippen LogP contribution in [0.3, 0.4) is 0 Å². The molecule has 0 saturated heterocycles. The molecule has 0 aliphatic rings. The summed E-state index contributed by atoms with van der Waals surface area (Å²) in [5, 5.41) is 12.9. The Morgan fingerprint density at radius 3 is 2.90 bits per heavy atom. The van der Waals surface area contributed by atoms with Crippen LogP contribution in [0.5, 0.6) is 0 Å². The second kappa shape index (κ2) is 7.26. The molecule has 2 unspecified atom stereocenters. The lowest BCUT2D eigenvalue weighted by Gasteiger charge is -2.22. The molecular formula is C15H23NO4. The van der Waals surface area contributed by atoms with Gasteiger partial charge in [0.15, 0.2) is 0 Å². The third kappa shape index (κ3) is 4.83. The van der Waals surface area contributed by atoms with E-state index >= 15 is 0 Å². The van der Waals surface area contributed by atoms with Gasteiger partial charge in [0.05, 0.1) is 13.2 Å². The minimum atomic E-state index is -1.25. The molecule has 0 aliphatic heterocycles. The normalized spacial score (nSPS) is 15.4. The Morgan fingerprint density at radius 2 is 2.35 bits per heavy atom. The van der Waals surface area contributed by atoms with Crippen molar-refractivity contribution < 1.29 is 19.1 Å². The maximum absolute atomic E-state index is 11.8. The molecule has 5 heteroatoms. The van der Waals surface area contributed by atoms with Gasteiger partial charge in [-0.2, -0.15) is 0 Å². The number of furan rings is 1. The van der Waals surface area contributed by atoms with Gasteiger partial charge in [-0.15, -0.1) is 6.58 Å². The molecule has 0 bridgehead atoms. The highest BCUT2D eigenvalue weighted by molar-refractivity contribution is 5.80. The Kier molecular flexibility index (Phi) is 5.98. The van der Waals surface area contributed by atoms with Crippen LogP contribution in [0.25, 0.3) is 0 Å². The van der Waals surface area contributed by atoms with Crippen LogP contribution < -0.4 is 5.32 Å². The van der Waals surface area contributed by atoms with E-state index in [1.807, 2.05) is 0 Å². The van der Waals surface area contributed by atoms with Gasteiger partial charge in [0.2, 0.25) is 5.91 Å². The van der Waals surface area contributed by atoms with Gasteiger partial charge in [-0.3, -0.25) is 4.79 Å². The van der Waals surface area contributed by atoms with Crippen molar-refractivity contribution in [2.45, 2.75) is 38.9 Å². The first kappa shape index (κ1) is 16.5. The number of rotatable bonds is 8. The molecule has 0 saturated carbocycles. The lowest BCUT2D eigenvalue weighted by Crippen LogP contribution is -2.42. The summed E-state index contributed by atoms with van der Waals surface area (Å²) in [5.74, 6) is 0.876. The summed E-state index contributed by atoms with van der Waals surface area (Å²) in [5.41, 5.74) is -1.25. The molecule has 1 aromatic rings. The average Bonchev–Trinajstić information content (AvgIpc) is 2.83. The summed E-state index contributed by atoms with van der Waals surface area (Å²) >= 11 is 0. The first-order valence-electron chi connectivity index (χ1n) is 6.66. The van der Waals surface area contributed by atoms with Gasteiger partial charge in [-0.25, -0.2) is 0 Å². The van der Waals surface area contributed by atoms with Gasteiger partial charge in [-0.05, 0) is 39.3 Å². The van der Waals surface area contributed by atoms with E-state index < -0.39 is 11.7 Å². The van der Waals surface area contributed by atoms with Crippen molar-refractivity contribution in [3.05, 3.63) is 36.3 Å². The summed E-state index contributed by atoms with van der Waals surface area (Å²) in [4.78, 5) is 11.8. The molecule has 1 rings (SSSR count). The van der Waals surface area contributed by atoms with Gasteiger partial charge in [0.25, 0.3) is 0 Å². The van der Waals surface area contributed by atoms with Crippen LogP contribution in [0.4, 0.5) is 0 Å². The van der Waals surface area contributed by atoms with Gasteiger partial charge in [-0.1, -0.05) is 6.08 Å². The maximum atomic E-state index is 11.8. The number of carbonyl (C=O) groups is 1. The lowest BCUT2D eigenvalue weighted by molar-refractivity contribution is -0.133. The molecule has 2 N–H and O–H groups in total. The van der Waals surface area contributed by atoms with Crippen molar-refractivity contribution in [1.82, 2.24) is 5.32 Å². The molecule has 20 heavy (non-hydrogen) atoms. The molecule has 0 spiro atoms. The number of amides is 1. The molecule has 0 aliphatic carbocycles. The highest BCUT2D eigenvalue weighted by atomic mass is 16.5. The van der Waals surface area contributed by atoms with Crippen LogP contribution in [0.1, 0.15) is 31.8 Å². The third-order valence-corrected chi connectivity index (χ3v) is 2.94. The van der Waals surface area contributed by atoms with Crippen molar-refractivity contribution in [3.8, 4) is 0 Å². The monoisotopic (exact) mass is 281 g/mol. The number of aryl methyl sites for hydroxylation is 1. The van der Waals surface area contributed by atoms with Gasteiger partial charge >= 0.3 is 0 Å². The van der Waals surface area contributed by atoms with Crippen LogP contribution in [0, 0.1) is 6.92 Å². The summed E-state index contributed by atoms with van der Waals surface area (Å²) in [7, 11) is 0. The Morgan fingerprint density at radius 1 is 1.65 bits per heavy atom. The fourth-order valence-electron chi connectivity index (χ4n) is 1.62. The Bertz CT molecular complexity index is 450. The molecule has 1 aromatic heterocycles. The zero-order valence-electron chi connectivity index (χ0n) is 12.3. The van der Waals surface area contributed by atoms with Crippen molar-refractivity contribution in [1.29, 1.82) is 0 Å². The van der Waals surface area contributed by atoms with E-state index in [9.17, 15) is 9.90 Å². The van der Waals surface area contributed by atoms with Crippen LogP contribution in [0.15, 0.2) is 29.2 Å². The standard InChI is InChI=1S/C15H23NO4/c1-5-6-9-19-12(3)14(17)16-10-15(4,18)13-8-7-11(2)20-13/h5,7-8,12,18H,1,6,9-10H2,2-4H3,(H,16,17). The maximum Gasteiger partial charge on any atom is 0.248 e. The predicted octanol–water partition coefficient (Wildman–Crippen LogP) is 1.89. The van der Waals surface area contributed by atoms with Gasteiger partial charge < -0.3 is 19.6 Å². The van der Waals surface area contributed by atoms with Gasteiger partial charge in [0.1, 0.15) is 23.2 Å². The van der Waals surface area contributed by atoms with E-state index in [1.165, 1.54) is 0 Å². The first-order chi connectivity index (χ1) is 9.36. The molecule has 0 radical (unpaired) electrons. The van der Waals surface area contributed by atoms with E-state index in [0.29, 0.717) is 24.5 Å². The van der Waals surface area contributed by atoms with Crippen molar-refractivity contribution in [2.24, 2.45) is 0 Å². The first-order valence-corrected chi connectivity index (χ1v) is 6.66. The van der Waals surface area contributed by atoms with E-state index in [1.54, 1.807) is 39.0 Å². The Labute approximate surface area is 119 Å². The molecule has 5 nitrogen and oxygen atoms in total. The topological polar surface area (TPSA) is 71.7 Å². The van der Waals surface area contributed by atoms with Crippen LogP contribution in [-0.4, -0.2) is 30.3 Å². The molecule has 1 amide bonds. The zero-order valence-corrected chi connectivity index (χ0v) is 12.3. The zero-order chi connectivity index (χ0) is 15.2. The average molecular weight is 281 g/mol. The fraction of sp³-hybridized carbons (Fsp3) is 0.533. The van der Waals surface area contributed by atoms with Gasteiger partial charge in [0, 0.05) is 0 Å². The largest absolute Gasteiger partial charge is 0.463 e. The third-order valence-electron chi connectivity index (χ3n) is 2.94. The highest BCUT2D eigenvalue weighted by Gasteiger charge is 2.28. The van der Waals surface area contributed by atoms with Crippen LogP contribution >= 0.6 is 0 Å². The summed E-state index contributed by atoms with van der Waals surface area (Å²) in [6.45, 7) is 9.16. The molecule has 2 atom stereocenters. The second-order valence-corrected chi connectivity index (χ2v) is 4.99. The molecule has 1 heterocycles. The summed E-state index contributed by atoms with van der Waals surface area (Å²) in [6, 6.07) is 3.47. The van der Waals surface area contributed by atoms with Crippen molar-refractivity contribution in [2.75, 3.05) is 13.2 Å². The lowest BCUT2D eigenvalue weighted by atomic mass is 10.0.